The number of hydrogen-bond donors (Lipinski definition) is 0. The van der Waals surface area contributed by atoms with E-state index in [4.69, 9.17) is 16.3 Å². The number of fused-ring (bicyclic) bond motifs is 1. The van der Waals surface area contributed by atoms with E-state index in [0.717, 1.165) is 13.2 Å². The zero-order chi connectivity index (χ0) is 17.4. The lowest BCUT2D eigenvalue weighted by Crippen LogP contribution is -2.42. The predicted octanol–water partition coefficient (Wildman–Crippen LogP) is 3.35. The lowest BCUT2D eigenvalue weighted by molar-refractivity contribution is -0.185. The number of benzene rings is 1. The highest BCUT2D eigenvalue weighted by atomic mass is 35.5. The summed E-state index contributed by atoms with van der Waals surface area (Å²) >= 11 is 5.92. The first-order valence-electron chi connectivity index (χ1n) is 6.59. The Morgan fingerprint density at radius 3 is 2.52 bits per heavy atom. The number of ether oxygens (including phenoxy) is 2. The number of Topliss-reactive ketones (excluding diaryl/α,β-unsaturated/α-hetero) is 1. The topological polar surface area (TPSA) is 52.6 Å². The van der Waals surface area contributed by atoms with E-state index in [2.05, 4.69) is 4.74 Å². The summed E-state index contributed by atoms with van der Waals surface area (Å²) in [6.45, 7) is 1.73. The summed E-state index contributed by atoms with van der Waals surface area (Å²) in [4.78, 5) is 23.2. The van der Waals surface area contributed by atoms with Crippen molar-refractivity contribution in [3.63, 3.8) is 0 Å². The number of carbonyl (C=O) groups excluding carboxylic acids is 2. The highest BCUT2D eigenvalue weighted by molar-refractivity contribution is 6.41. The number of methoxy groups -OCH3 is 1. The normalized spacial score (nSPS) is 17.0. The van der Waals surface area contributed by atoms with Crippen molar-refractivity contribution in [2.24, 2.45) is 0 Å². The monoisotopic (exact) mass is 348 g/mol. The molecule has 0 N–H and O–H groups in total. The van der Waals surface area contributed by atoms with Crippen LogP contribution in [0.4, 0.5) is 13.2 Å². The molecule has 1 heterocycles. The van der Waals surface area contributed by atoms with Crippen molar-refractivity contribution in [2.45, 2.75) is 25.6 Å². The average Bonchev–Trinajstić information content (AvgIpc) is 2.50. The molecule has 0 saturated carbocycles. The van der Waals surface area contributed by atoms with Crippen LogP contribution in [-0.4, -0.2) is 31.1 Å². The second kappa shape index (κ2) is 6.23. The van der Waals surface area contributed by atoms with Crippen molar-refractivity contribution in [1.82, 2.24) is 0 Å². The molecule has 1 aromatic carbocycles. The Morgan fingerprint density at radius 2 is 2.00 bits per heavy atom. The van der Waals surface area contributed by atoms with Gasteiger partial charge in [-0.05, 0) is 30.2 Å². The maximum absolute atomic E-state index is 13.2. The molecule has 1 aliphatic rings. The second-order valence-corrected chi connectivity index (χ2v) is 5.23. The number of rotatable bonds is 3. The SMILES string of the molecule is CCc1cc(Cl)cc2c1O[C@H](C(F)(F)F)C(C(=O)C(=O)OC)=C2. The Morgan fingerprint density at radius 1 is 1.35 bits per heavy atom. The summed E-state index contributed by atoms with van der Waals surface area (Å²) in [7, 11) is 0.910. The zero-order valence-electron chi connectivity index (χ0n) is 12.2. The molecule has 0 spiro atoms. The number of halogens is 4. The lowest BCUT2D eigenvalue weighted by atomic mass is 9.95. The van der Waals surface area contributed by atoms with E-state index in [9.17, 15) is 22.8 Å². The van der Waals surface area contributed by atoms with Gasteiger partial charge in [-0.3, -0.25) is 4.79 Å². The Balaban J connectivity index is 2.63. The molecule has 124 valence electrons. The van der Waals surface area contributed by atoms with Gasteiger partial charge in [0, 0.05) is 10.6 Å². The van der Waals surface area contributed by atoms with Crippen molar-refractivity contribution in [2.75, 3.05) is 7.11 Å². The fraction of sp³-hybridized carbons (Fsp3) is 0.333. The van der Waals surface area contributed by atoms with Gasteiger partial charge in [0.2, 0.25) is 6.10 Å². The Hall–Kier alpha value is -2.02. The minimum Gasteiger partial charge on any atom is -0.475 e. The van der Waals surface area contributed by atoms with Crippen LogP contribution in [0.15, 0.2) is 17.7 Å². The number of carbonyl (C=O) groups is 2. The lowest BCUT2D eigenvalue weighted by Gasteiger charge is -2.29. The number of aryl methyl sites for hydroxylation is 1. The van der Waals surface area contributed by atoms with Gasteiger partial charge in [0.25, 0.3) is 5.78 Å². The molecule has 2 rings (SSSR count). The standard InChI is InChI=1S/C15H12ClF3O4/c1-3-7-4-9(16)5-8-6-10(11(20)14(21)22-2)13(15(17,18)19)23-12(7)8/h4-6,13H,3H2,1-2H3/t13-/m0/s1. The van der Waals surface area contributed by atoms with E-state index in [1.165, 1.54) is 12.1 Å². The van der Waals surface area contributed by atoms with Crippen LogP contribution in [0.25, 0.3) is 6.08 Å². The van der Waals surface area contributed by atoms with Gasteiger partial charge in [0.05, 0.1) is 12.7 Å². The Bertz CT molecular complexity index is 695. The predicted molar refractivity (Wildman–Crippen MR) is 76.3 cm³/mol. The minimum atomic E-state index is -4.86. The third kappa shape index (κ3) is 3.34. The van der Waals surface area contributed by atoms with Gasteiger partial charge >= 0.3 is 12.1 Å². The fourth-order valence-electron chi connectivity index (χ4n) is 2.25. The van der Waals surface area contributed by atoms with Gasteiger partial charge in [0.1, 0.15) is 5.75 Å². The Labute approximate surface area is 134 Å². The number of esters is 1. The molecule has 0 saturated heterocycles. The van der Waals surface area contributed by atoms with Crippen LogP contribution < -0.4 is 4.74 Å². The summed E-state index contributed by atoms with van der Waals surface area (Å²) in [5.41, 5.74) is -0.147. The van der Waals surface area contributed by atoms with E-state index >= 15 is 0 Å². The van der Waals surface area contributed by atoms with E-state index in [-0.39, 0.29) is 16.3 Å². The van der Waals surface area contributed by atoms with Crippen LogP contribution in [0.5, 0.6) is 5.75 Å². The number of ketones is 1. The van der Waals surface area contributed by atoms with Gasteiger partial charge in [-0.1, -0.05) is 18.5 Å². The van der Waals surface area contributed by atoms with Crippen LogP contribution in [0.1, 0.15) is 18.1 Å². The van der Waals surface area contributed by atoms with E-state index in [1.807, 2.05) is 0 Å². The first-order chi connectivity index (χ1) is 10.7. The van der Waals surface area contributed by atoms with Crippen molar-refractivity contribution in [3.8, 4) is 5.75 Å². The molecule has 0 amide bonds. The molecule has 0 unspecified atom stereocenters. The third-order valence-electron chi connectivity index (χ3n) is 3.30. The van der Waals surface area contributed by atoms with Crippen LogP contribution in [-0.2, 0) is 20.7 Å². The molecule has 0 fully saturated rings. The van der Waals surface area contributed by atoms with Crippen LogP contribution >= 0.6 is 11.6 Å². The zero-order valence-corrected chi connectivity index (χ0v) is 12.9. The smallest absolute Gasteiger partial charge is 0.429 e. The van der Waals surface area contributed by atoms with E-state index in [0.29, 0.717) is 12.0 Å². The first kappa shape index (κ1) is 17.3. The second-order valence-electron chi connectivity index (χ2n) is 4.80. The van der Waals surface area contributed by atoms with E-state index < -0.39 is 29.6 Å². The quantitative estimate of drug-likeness (QED) is 0.621. The maximum Gasteiger partial charge on any atom is 0.429 e. The highest BCUT2D eigenvalue weighted by Crippen LogP contribution is 2.40. The highest BCUT2D eigenvalue weighted by Gasteiger charge is 2.49. The van der Waals surface area contributed by atoms with Crippen molar-refractivity contribution in [3.05, 3.63) is 33.9 Å². The average molecular weight is 349 g/mol. The Kier molecular flexibility index (Phi) is 4.70. The van der Waals surface area contributed by atoms with Gasteiger partial charge in [-0.2, -0.15) is 13.2 Å². The van der Waals surface area contributed by atoms with Crippen molar-refractivity contribution in [1.29, 1.82) is 0 Å². The molecule has 8 heteroatoms. The van der Waals surface area contributed by atoms with Crippen molar-refractivity contribution >= 4 is 29.4 Å². The number of hydrogen-bond acceptors (Lipinski definition) is 4. The van der Waals surface area contributed by atoms with Gasteiger partial charge in [-0.25, -0.2) is 4.79 Å². The minimum absolute atomic E-state index is 0.000593. The van der Waals surface area contributed by atoms with Crippen LogP contribution in [0.2, 0.25) is 5.02 Å². The first-order valence-corrected chi connectivity index (χ1v) is 6.96. The van der Waals surface area contributed by atoms with Crippen LogP contribution in [0, 0.1) is 0 Å². The summed E-state index contributed by atoms with van der Waals surface area (Å²) in [6.07, 6.45) is -6.03. The molecular weight excluding hydrogens is 337 g/mol. The molecule has 23 heavy (non-hydrogen) atoms. The van der Waals surface area contributed by atoms with E-state index in [1.54, 1.807) is 6.92 Å². The maximum atomic E-state index is 13.2. The fourth-order valence-corrected chi connectivity index (χ4v) is 2.50. The largest absolute Gasteiger partial charge is 0.475 e. The molecule has 4 nitrogen and oxygen atoms in total. The van der Waals surface area contributed by atoms with Gasteiger partial charge in [0.15, 0.2) is 0 Å². The summed E-state index contributed by atoms with van der Waals surface area (Å²) in [5, 5.41) is 0.288. The van der Waals surface area contributed by atoms with Crippen LogP contribution in [0.3, 0.4) is 0 Å². The molecule has 0 bridgehead atoms. The van der Waals surface area contributed by atoms with Gasteiger partial charge < -0.3 is 9.47 Å². The number of alkyl halides is 3. The molecule has 1 aliphatic heterocycles. The summed E-state index contributed by atoms with van der Waals surface area (Å²) < 4.78 is 48.9. The summed E-state index contributed by atoms with van der Waals surface area (Å²) in [6, 6.07) is 2.86. The third-order valence-corrected chi connectivity index (χ3v) is 3.52. The molecule has 1 atom stereocenters. The molecule has 1 aromatic rings. The molecular formula is C15H12ClF3O4. The molecule has 0 radical (unpaired) electrons. The van der Waals surface area contributed by atoms with Crippen molar-refractivity contribution < 1.29 is 32.2 Å². The molecule has 0 aliphatic carbocycles. The van der Waals surface area contributed by atoms with Gasteiger partial charge in [-0.15, -0.1) is 0 Å². The summed E-state index contributed by atoms with van der Waals surface area (Å²) in [5.74, 6) is -2.80. The molecule has 0 aromatic heterocycles.